The molecule has 24 heavy (non-hydrogen) atoms. The van der Waals surface area contributed by atoms with E-state index in [1.54, 1.807) is 23.1 Å². The van der Waals surface area contributed by atoms with Crippen LogP contribution in [-0.4, -0.2) is 45.2 Å². The number of hydrogen-bond donors (Lipinski definition) is 2. The van der Waals surface area contributed by atoms with Crippen molar-refractivity contribution in [2.24, 2.45) is 0 Å². The Morgan fingerprint density at radius 1 is 1.38 bits per heavy atom. The number of anilines is 1. The number of carbonyl (C=O) groups excluding carboxylic acids is 2. The molecule has 1 aromatic heterocycles. The molecule has 0 saturated heterocycles. The Bertz CT molecular complexity index is 829. The van der Waals surface area contributed by atoms with Gasteiger partial charge in [0.05, 0.1) is 23.4 Å². The highest BCUT2D eigenvalue weighted by Gasteiger charge is 2.30. The van der Waals surface area contributed by atoms with E-state index in [0.29, 0.717) is 5.25 Å². The zero-order chi connectivity index (χ0) is 17.3. The van der Waals surface area contributed by atoms with Crippen LogP contribution < -0.4 is 5.32 Å². The monoisotopic (exact) mass is 363 g/mol. The fraction of sp³-hybridized carbons (Fsp3) is 0.312. The molecule has 1 aromatic carbocycles. The standard InChI is InChI=1S/C16H17N3O3S2/c1-9(2)23-16-18-11-4-3-10(7-13(11)24-16)17-12-8-14(21)19(5-6-20)15(12)22/h3-4,7-9,17,20H,5-6H2,1-2H3. The van der Waals surface area contributed by atoms with E-state index in [1.165, 1.54) is 6.08 Å². The summed E-state index contributed by atoms with van der Waals surface area (Å²) in [6.45, 7) is 4.00. The van der Waals surface area contributed by atoms with Crippen molar-refractivity contribution < 1.29 is 14.7 Å². The van der Waals surface area contributed by atoms with Crippen LogP contribution in [0.1, 0.15) is 13.8 Å². The topological polar surface area (TPSA) is 82.5 Å². The number of benzene rings is 1. The summed E-state index contributed by atoms with van der Waals surface area (Å²) in [6, 6.07) is 5.65. The molecule has 6 nitrogen and oxygen atoms in total. The Kier molecular flexibility index (Phi) is 4.88. The summed E-state index contributed by atoms with van der Waals surface area (Å²) in [4.78, 5) is 29.5. The van der Waals surface area contributed by atoms with Crippen LogP contribution in [0, 0.1) is 0 Å². The van der Waals surface area contributed by atoms with Crippen LogP contribution in [0.2, 0.25) is 0 Å². The molecule has 0 bridgehead atoms. The van der Waals surface area contributed by atoms with Gasteiger partial charge in [-0.15, -0.1) is 11.3 Å². The van der Waals surface area contributed by atoms with E-state index in [2.05, 4.69) is 24.1 Å². The molecule has 126 valence electrons. The molecule has 1 aliphatic rings. The van der Waals surface area contributed by atoms with Gasteiger partial charge in [-0.25, -0.2) is 4.98 Å². The zero-order valence-electron chi connectivity index (χ0n) is 13.3. The van der Waals surface area contributed by atoms with Gasteiger partial charge in [0.1, 0.15) is 5.70 Å². The molecule has 1 aliphatic heterocycles. The van der Waals surface area contributed by atoms with E-state index in [1.807, 2.05) is 18.2 Å². The van der Waals surface area contributed by atoms with E-state index < -0.39 is 11.8 Å². The summed E-state index contributed by atoms with van der Waals surface area (Å²) >= 11 is 3.32. The maximum atomic E-state index is 12.1. The second-order valence-corrected chi connectivity index (χ2v) is 8.38. The first-order chi connectivity index (χ1) is 11.5. The molecular weight excluding hydrogens is 346 g/mol. The summed E-state index contributed by atoms with van der Waals surface area (Å²) in [7, 11) is 0. The van der Waals surface area contributed by atoms with Crippen LogP contribution in [0.4, 0.5) is 5.69 Å². The van der Waals surface area contributed by atoms with E-state index in [9.17, 15) is 9.59 Å². The number of thioether (sulfide) groups is 1. The van der Waals surface area contributed by atoms with Crippen LogP contribution in [0.5, 0.6) is 0 Å². The third-order valence-corrected chi connectivity index (χ3v) is 5.43. The summed E-state index contributed by atoms with van der Waals surface area (Å²) < 4.78 is 2.03. The molecule has 3 rings (SSSR count). The van der Waals surface area contributed by atoms with Crippen LogP contribution in [0.25, 0.3) is 10.2 Å². The fourth-order valence-electron chi connectivity index (χ4n) is 2.30. The number of carbonyl (C=O) groups is 2. The molecule has 0 atom stereocenters. The lowest BCUT2D eigenvalue weighted by Crippen LogP contribution is -2.34. The Morgan fingerprint density at radius 2 is 2.17 bits per heavy atom. The van der Waals surface area contributed by atoms with E-state index in [0.717, 1.165) is 25.1 Å². The summed E-state index contributed by atoms with van der Waals surface area (Å²) in [5, 5.41) is 12.4. The Balaban J connectivity index is 1.79. The number of fused-ring (bicyclic) bond motifs is 1. The second-order valence-electron chi connectivity index (χ2n) is 5.53. The third-order valence-electron chi connectivity index (χ3n) is 3.32. The van der Waals surface area contributed by atoms with E-state index in [4.69, 9.17) is 5.11 Å². The molecule has 0 spiro atoms. The number of nitrogens with zero attached hydrogens (tertiary/aromatic N) is 2. The van der Waals surface area contributed by atoms with Gasteiger partial charge in [0.2, 0.25) is 0 Å². The molecule has 2 N–H and O–H groups in total. The maximum absolute atomic E-state index is 12.1. The number of imide groups is 1. The van der Waals surface area contributed by atoms with Crippen molar-refractivity contribution in [3.8, 4) is 0 Å². The highest BCUT2D eigenvalue weighted by Crippen LogP contribution is 2.33. The molecule has 0 aliphatic carbocycles. The number of amides is 2. The van der Waals surface area contributed by atoms with E-state index >= 15 is 0 Å². The minimum absolute atomic E-state index is 0.00299. The summed E-state index contributed by atoms with van der Waals surface area (Å²) in [6.07, 6.45) is 1.26. The third kappa shape index (κ3) is 3.45. The van der Waals surface area contributed by atoms with Crippen LogP contribution in [0.15, 0.2) is 34.3 Å². The Morgan fingerprint density at radius 3 is 2.88 bits per heavy atom. The fourth-order valence-corrected chi connectivity index (χ4v) is 4.63. The van der Waals surface area contributed by atoms with Gasteiger partial charge in [-0.2, -0.15) is 0 Å². The molecule has 2 heterocycles. The van der Waals surface area contributed by atoms with Gasteiger partial charge in [0.25, 0.3) is 11.8 Å². The summed E-state index contributed by atoms with van der Waals surface area (Å²) in [5.74, 6) is -0.833. The summed E-state index contributed by atoms with van der Waals surface area (Å²) in [5.41, 5.74) is 1.86. The van der Waals surface area contributed by atoms with Gasteiger partial charge in [0, 0.05) is 17.0 Å². The van der Waals surface area contributed by atoms with Crippen molar-refractivity contribution in [1.82, 2.24) is 9.88 Å². The number of rotatable bonds is 6. The minimum atomic E-state index is -0.422. The smallest absolute Gasteiger partial charge is 0.277 e. The van der Waals surface area contributed by atoms with Gasteiger partial charge in [-0.1, -0.05) is 25.6 Å². The van der Waals surface area contributed by atoms with Crippen molar-refractivity contribution >= 4 is 50.8 Å². The molecule has 0 radical (unpaired) electrons. The number of aromatic nitrogens is 1. The number of aliphatic hydroxyl groups is 1. The lowest BCUT2D eigenvalue weighted by Gasteiger charge is -2.13. The first-order valence-corrected chi connectivity index (χ1v) is 9.20. The molecule has 0 saturated carbocycles. The molecule has 2 amide bonds. The molecule has 8 heteroatoms. The van der Waals surface area contributed by atoms with Gasteiger partial charge in [0.15, 0.2) is 4.34 Å². The maximum Gasteiger partial charge on any atom is 0.277 e. The predicted molar refractivity (Wildman–Crippen MR) is 96.1 cm³/mol. The lowest BCUT2D eigenvalue weighted by molar-refractivity contribution is -0.137. The second kappa shape index (κ2) is 6.92. The number of aliphatic hydroxyl groups excluding tert-OH is 1. The Hall–Kier alpha value is -1.90. The van der Waals surface area contributed by atoms with Crippen molar-refractivity contribution in [3.05, 3.63) is 30.0 Å². The highest BCUT2D eigenvalue weighted by atomic mass is 32.2. The van der Waals surface area contributed by atoms with Crippen molar-refractivity contribution in [2.45, 2.75) is 23.4 Å². The minimum Gasteiger partial charge on any atom is -0.395 e. The SMILES string of the molecule is CC(C)Sc1nc2ccc(NC3=CC(=O)N(CCO)C3=O)cc2s1. The largest absolute Gasteiger partial charge is 0.395 e. The van der Waals surface area contributed by atoms with Crippen LogP contribution in [-0.2, 0) is 9.59 Å². The molecule has 0 fully saturated rings. The first-order valence-electron chi connectivity index (χ1n) is 7.50. The normalized spacial score (nSPS) is 14.8. The van der Waals surface area contributed by atoms with Crippen LogP contribution in [0.3, 0.4) is 0 Å². The molecule has 2 aromatic rings. The number of thiazole rings is 1. The zero-order valence-corrected chi connectivity index (χ0v) is 14.9. The average Bonchev–Trinajstić information content (AvgIpc) is 3.02. The van der Waals surface area contributed by atoms with Crippen molar-refractivity contribution in [1.29, 1.82) is 0 Å². The highest BCUT2D eigenvalue weighted by molar-refractivity contribution is 8.01. The van der Waals surface area contributed by atoms with Crippen LogP contribution >= 0.6 is 23.1 Å². The van der Waals surface area contributed by atoms with Gasteiger partial charge in [-0.3, -0.25) is 14.5 Å². The molecule has 0 unspecified atom stereocenters. The van der Waals surface area contributed by atoms with Crippen molar-refractivity contribution in [3.63, 3.8) is 0 Å². The van der Waals surface area contributed by atoms with E-state index in [-0.39, 0.29) is 18.8 Å². The predicted octanol–water partition coefficient (Wildman–Crippen LogP) is 2.45. The lowest BCUT2D eigenvalue weighted by atomic mass is 10.3. The quantitative estimate of drug-likeness (QED) is 0.606. The first kappa shape index (κ1) is 16.9. The average molecular weight is 363 g/mol. The Labute approximate surface area is 147 Å². The van der Waals surface area contributed by atoms with Gasteiger partial charge < -0.3 is 10.4 Å². The number of hydrogen-bond acceptors (Lipinski definition) is 7. The van der Waals surface area contributed by atoms with Gasteiger partial charge in [-0.05, 0) is 18.2 Å². The number of nitrogens with one attached hydrogen (secondary N) is 1. The molecular formula is C16H17N3O3S2. The van der Waals surface area contributed by atoms with Gasteiger partial charge >= 0.3 is 0 Å². The number of β-amino-alcohol motifs (C(OH)–C–C–N with tert-alkyl or cyclic N) is 1. The van der Waals surface area contributed by atoms with Crippen molar-refractivity contribution in [2.75, 3.05) is 18.5 Å².